The molecule has 0 spiro atoms. The van der Waals surface area contributed by atoms with Crippen molar-refractivity contribution in [2.24, 2.45) is 0 Å². The number of esters is 1. The van der Waals surface area contributed by atoms with E-state index < -0.39 is 0 Å². The Morgan fingerprint density at radius 1 is 1.38 bits per heavy atom. The maximum Gasteiger partial charge on any atom is 0.307 e. The lowest BCUT2D eigenvalue weighted by atomic mass is 10.0. The Hall–Kier alpha value is -1.87. The summed E-state index contributed by atoms with van der Waals surface area (Å²) < 4.78 is 4.82. The molecule has 1 aromatic carbocycles. The minimum atomic E-state index is -0.201. The molecule has 21 heavy (non-hydrogen) atoms. The van der Waals surface area contributed by atoms with Gasteiger partial charge in [0.2, 0.25) is 0 Å². The summed E-state index contributed by atoms with van der Waals surface area (Å²) in [5.74, 6) is -0.201. The summed E-state index contributed by atoms with van der Waals surface area (Å²) in [6, 6.07) is 10.5. The van der Waals surface area contributed by atoms with Crippen molar-refractivity contribution in [3.63, 3.8) is 0 Å². The van der Waals surface area contributed by atoms with Gasteiger partial charge >= 0.3 is 5.97 Å². The zero-order valence-electron chi connectivity index (χ0n) is 13.2. The van der Waals surface area contributed by atoms with Gasteiger partial charge in [0.15, 0.2) is 0 Å². The van der Waals surface area contributed by atoms with Gasteiger partial charge in [0.1, 0.15) is 0 Å². The van der Waals surface area contributed by atoms with Crippen molar-refractivity contribution in [1.29, 1.82) is 0 Å². The number of hydrogen-bond donors (Lipinski definition) is 0. The molecule has 0 heterocycles. The molecule has 0 aromatic heterocycles. The number of rotatable bonds is 8. The van der Waals surface area contributed by atoms with Crippen LogP contribution >= 0.6 is 0 Å². The average molecular weight is 287 g/mol. The van der Waals surface area contributed by atoms with Gasteiger partial charge in [-0.2, -0.15) is 0 Å². The molecular weight excluding hydrogens is 262 g/mol. The zero-order valence-corrected chi connectivity index (χ0v) is 13.2. The Labute approximate surface area is 127 Å². The van der Waals surface area contributed by atoms with E-state index in [1.165, 1.54) is 12.7 Å². The summed E-state index contributed by atoms with van der Waals surface area (Å²) in [6.07, 6.45) is 6.22. The van der Waals surface area contributed by atoms with Crippen LogP contribution in [0.15, 0.2) is 55.1 Å². The molecule has 0 radical (unpaired) electrons. The number of carbonyl (C=O) groups excluding carboxylic acids is 1. The molecule has 114 valence electrons. The van der Waals surface area contributed by atoms with Crippen molar-refractivity contribution >= 4 is 5.97 Å². The summed E-state index contributed by atoms with van der Waals surface area (Å²) in [6.45, 7) is 8.65. The van der Waals surface area contributed by atoms with Gasteiger partial charge in [-0.15, -0.1) is 6.58 Å². The smallest absolute Gasteiger partial charge is 0.307 e. The SMILES string of the molecule is C=CCN([C@H](/C=C/C)CC(=O)OC)[C@H](C)c1ccccc1. The van der Waals surface area contributed by atoms with E-state index >= 15 is 0 Å². The lowest BCUT2D eigenvalue weighted by Crippen LogP contribution is -2.38. The van der Waals surface area contributed by atoms with E-state index in [0.717, 1.165) is 0 Å². The largest absolute Gasteiger partial charge is 0.469 e. The maximum atomic E-state index is 11.7. The molecule has 0 aliphatic heterocycles. The quantitative estimate of drug-likeness (QED) is 0.539. The van der Waals surface area contributed by atoms with Gasteiger partial charge in [-0.25, -0.2) is 0 Å². The van der Waals surface area contributed by atoms with Crippen molar-refractivity contribution in [1.82, 2.24) is 4.90 Å². The third kappa shape index (κ3) is 5.20. The van der Waals surface area contributed by atoms with Crippen molar-refractivity contribution in [2.45, 2.75) is 32.4 Å². The van der Waals surface area contributed by atoms with Crippen LogP contribution in [0.1, 0.15) is 31.9 Å². The Morgan fingerprint density at radius 3 is 2.57 bits per heavy atom. The molecule has 0 fully saturated rings. The Kier molecular flexibility index (Phi) is 7.48. The van der Waals surface area contributed by atoms with Gasteiger partial charge in [-0.05, 0) is 19.4 Å². The van der Waals surface area contributed by atoms with E-state index in [1.54, 1.807) is 0 Å². The molecule has 1 rings (SSSR count). The first kappa shape index (κ1) is 17.2. The average Bonchev–Trinajstić information content (AvgIpc) is 2.52. The molecule has 0 aliphatic carbocycles. The molecule has 0 N–H and O–H groups in total. The minimum Gasteiger partial charge on any atom is -0.469 e. The highest BCUT2D eigenvalue weighted by Gasteiger charge is 2.24. The Morgan fingerprint density at radius 2 is 2.05 bits per heavy atom. The summed E-state index contributed by atoms with van der Waals surface area (Å²) in [7, 11) is 1.42. The van der Waals surface area contributed by atoms with Gasteiger partial charge in [-0.1, -0.05) is 48.6 Å². The second-order valence-corrected chi connectivity index (χ2v) is 4.95. The fourth-order valence-corrected chi connectivity index (χ4v) is 2.42. The van der Waals surface area contributed by atoms with E-state index in [9.17, 15) is 4.79 Å². The first-order valence-corrected chi connectivity index (χ1v) is 7.25. The summed E-state index contributed by atoms with van der Waals surface area (Å²) >= 11 is 0. The molecule has 0 saturated carbocycles. The zero-order chi connectivity index (χ0) is 15.7. The molecule has 1 aromatic rings. The summed E-state index contributed by atoms with van der Waals surface area (Å²) in [5.41, 5.74) is 1.22. The fourth-order valence-electron chi connectivity index (χ4n) is 2.42. The summed E-state index contributed by atoms with van der Waals surface area (Å²) in [5, 5.41) is 0. The van der Waals surface area contributed by atoms with Gasteiger partial charge in [-0.3, -0.25) is 9.69 Å². The Bertz CT molecular complexity index is 467. The standard InChI is InChI=1S/C18H25NO2/c1-5-10-17(14-18(20)21-4)19(13-6-2)15(3)16-11-8-7-9-12-16/h5-12,15,17H,2,13-14H2,1,3-4H3/b10-5+/t15-,17-/m1/s1. The van der Waals surface area contributed by atoms with Crippen LogP contribution in [-0.2, 0) is 9.53 Å². The van der Waals surface area contributed by atoms with E-state index in [0.29, 0.717) is 13.0 Å². The number of carbonyl (C=O) groups is 1. The number of nitrogens with zero attached hydrogens (tertiary/aromatic N) is 1. The highest BCUT2D eigenvalue weighted by molar-refractivity contribution is 5.70. The van der Waals surface area contributed by atoms with Crippen LogP contribution in [0.3, 0.4) is 0 Å². The van der Waals surface area contributed by atoms with Crippen LogP contribution in [0, 0.1) is 0 Å². The summed E-state index contributed by atoms with van der Waals surface area (Å²) in [4.78, 5) is 13.9. The van der Waals surface area contributed by atoms with Gasteiger partial charge < -0.3 is 4.74 Å². The normalized spacial score (nSPS) is 14.1. The monoisotopic (exact) mass is 287 g/mol. The van der Waals surface area contributed by atoms with Crippen LogP contribution in [-0.4, -0.2) is 30.6 Å². The second-order valence-electron chi connectivity index (χ2n) is 4.95. The van der Waals surface area contributed by atoms with Crippen molar-refractivity contribution in [3.05, 3.63) is 60.7 Å². The topological polar surface area (TPSA) is 29.5 Å². The van der Waals surface area contributed by atoms with E-state index in [2.05, 4.69) is 30.5 Å². The molecular formula is C18H25NO2. The van der Waals surface area contributed by atoms with Crippen LogP contribution in [0.2, 0.25) is 0 Å². The third-order valence-electron chi connectivity index (χ3n) is 3.56. The lowest BCUT2D eigenvalue weighted by Gasteiger charge is -2.34. The first-order chi connectivity index (χ1) is 10.1. The van der Waals surface area contributed by atoms with Gasteiger partial charge in [0.25, 0.3) is 0 Å². The maximum absolute atomic E-state index is 11.7. The number of ether oxygens (including phenoxy) is 1. The molecule has 0 saturated heterocycles. The van der Waals surface area contributed by atoms with E-state index in [-0.39, 0.29) is 18.1 Å². The Balaban J connectivity index is 3.00. The molecule has 0 amide bonds. The van der Waals surface area contributed by atoms with Crippen LogP contribution < -0.4 is 0 Å². The molecule has 0 unspecified atom stereocenters. The second kappa shape index (κ2) is 9.14. The molecule has 3 heteroatoms. The number of benzene rings is 1. The van der Waals surface area contributed by atoms with Crippen LogP contribution in [0.25, 0.3) is 0 Å². The van der Waals surface area contributed by atoms with Crippen LogP contribution in [0.4, 0.5) is 0 Å². The molecule has 3 nitrogen and oxygen atoms in total. The molecule has 2 atom stereocenters. The minimum absolute atomic E-state index is 0.00402. The van der Waals surface area contributed by atoms with Crippen molar-refractivity contribution < 1.29 is 9.53 Å². The first-order valence-electron chi connectivity index (χ1n) is 7.25. The lowest BCUT2D eigenvalue weighted by molar-refractivity contribution is -0.141. The number of allylic oxidation sites excluding steroid dienone is 1. The third-order valence-corrected chi connectivity index (χ3v) is 3.56. The highest BCUT2D eigenvalue weighted by Crippen LogP contribution is 2.24. The molecule has 0 bridgehead atoms. The molecule has 0 aliphatic rings. The van der Waals surface area contributed by atoms with Gasteiger partial charge in [0, 0.05) is 18.6 Å². The predicted octanol–water partition coefficient (Wildman–Crippen LogP) is 3.74. The van der Waals surface area contributed by atoms with Crippen molar-refractivity contribution in [3.8, 4) is 0 Å². The van der Waals surface area contributed by atoms with Crippen molar-refractivity contribution in [2.75, 3.05) is 13.7 Å². The van der Waals surface area contributed by atoms with Gasteiger partial charge in [0.05, 0.1) is 13.5 Å². The van der Waals surface area contributed by atoms with Crippen LogP contribution in [0.5, 0.6) is 0 Å². The van der Waals surface area contributed by atoms with E-state index in [4.69, 9.17) is 4.74 Å². The number of hydrogen-bond acceptors (Lipinski definition) is 3. The number of methoxy groups -OCH3 is 1. The predicted molar refractivity (Wildman–Crippen MR) is 87.0 cm³/mol. The fraction of sp³-hybridized carbons (Fsp3) is 0.389. The van der Waals surface area contributed by atoms with E-state index in [1.807, 2.05) is 43.4 Å². The highest BCUT2D eigenvalue weighted by atomic mass is 16.5.